The van der Waals surface area contributed by atoms with Gasteiger partial charge in [-0.2, -0.15) is 0 Å². The predicted molar refractivity (Wildman–Crippen MR) is 115 cm³/mol. The largest absolute Gasteiger partial charge is 0.385 e. The normalized spacial score (nSPS) is 10.6. The van der Waals surface area contributed by atoms with Gasteiger partial charge in [-0.1, -0.05) is 60.7 Å². The number of carbonyl (C=O) groups is 1. The molecule has 1 aromatic heterocycles. The first-order chi connectivity index (χ1) is 14.2. The molecule has 6 nitrogen and oxygen atoms in total. The van der Waals surface area contributed by atoms with Crippen molar-refractivity contribution in [2.75, 3.05) is 32.2 Å². The first kappa shape index (κ1) is 20.5. The van der Waals surface area contributed by atoms with E-state index in [1.165, 1.54) is 5.56 Å². The van der Waals surface area contributed by atoms with Gasteiger partial charge >= 0.3 is 0 Å². The molecule has 0 saturated carbocycles. The van der Waals surface area contributed by atoms with Crippen LogP contribution in [0.3, 0.4) is 0 Å². The summed E-state index contributed by atoms with van der Waals surface area (Å²) in [5.74, 6) is 1.02. The van der Waals surface area contributed by atoms with E-state index in [9.17, 15) is 4.79 Å². The van der Waals surface area contributed by atoms with Crippen LogP contribution in [0.25, 0.3) is 11.4 Å². The number of rotatable bonds is 9. The van der Waals surface area contributed by atoms with Crippen LogP contribution >= 0.6 is 0 Å². The van der Waals surface area contributed by atoms with E-state index >= 15 is 0 Å². The molecule has 0 unspecified atom stereocenters. The minimum Gasteiger partial charge on any atom is -0.385 e. The molecular weight excluding hydrogens is 364 g/mol. The smallest absolute Gasteiger partial charge is 0.270 e. The summed E-state index contributed by atoms with van der Waals surface area (Å²) in [7, 11) is 3.61. The van der Waals surface area contributed by atoms with Crippen LogP contribution in [0.15, 0.2) is 66.7 Å². The number of anilines is 1. The highest BCUT2D eigenvalue weighted by Gasteiger charge is 2.15. The Labute approximate surface area is 171 Å². The van der Waals surface area contributed by atoms with Gasteiger partial charge in [-0.25, -0.2) is 9.97 Å². The monoisotopic (exact) mass is 390 g/mol. The fourth-order valence-corrected chi connectivity index (χ4v) is 2.91. The molecule has 0 atom stereocenters. The van der Waals surface area contributed by atoms with E-state index in [-0.39, 0.29) is 5.91 Å². The first-order valence-corrected chi connectivity index (χ1v) is 9.64. The van der Waals surface area contributed by atoms with Crippen molar-refractivity contribution in [1.29, 1.82) is 0 Å². The van der Waals surface area contributed by atoms with Crippen LogP contribution in [0, 0.1) is 0 Å². The Balaban J connectivity index is 1.87. The Morgan fingerprint density at radius 1 is 1.03 bits per heavy atom. The van der Waals surface area contributed by atoms with E-state index in [0.717, 1.165) is 12.0 Å². The highest BCUT2D eigenvalue weighted by Crippen LogP contribution is 2.21. The van der Waals surface area contributed by atoms with E-state index in [0.29, 0.717) is 37.0 Å². The summed E-state index contributed by atoms with van der Waals surface area (Å²) in [6.45, 7) is 1.82. The number of benzene rings is 2. The zero-order valence-corrected chi connectivity index (χ0v) is 16.8. The van der Waals surface area contributed by atoms with E-state index < -0.39 is 0 Å². The molecule has 6 heteroatoms. The topological polar surface area (TPSA) is 67.3 Å². The zero-order chi connectivity index (χ0) is 20.5. The van der Waals surface area contributed by atoms with Gasteiger partial charge in [0.05, 0.1) is 0 Å². The molecule has 0 spiro atoms. The summed E-state index contributed by atoms with van der Waals surface area (Å²) >= 11 is 0. The Kier molecular flexibility index (Phi) is 7.30. The van der Waals surface area contributed by atoms with E-state index in [1.807, 2.05) is 60.5 Å². The average Bonchev–Trinajstić information content (AvgIpc) is 2.77. The second-order valence-corrected chi connectivity index (χ2v) is 6.74. The van der Waals surface area contributed by atoms with Crippen molar-refractivity contribution in [3.8, 4) is 11.4 Å². The van der Waals surface area contributed by atoms with Crippen molar-refractivity contribution in [3.05, 3.63) is 78.0 Å². The molecule has 3 rings (SSSR count). The summed E-state index contributed by atoms with van der Waals surface area (Å²) in [6.07, 6.45) is 0.750. The second-order valence-electron chi connectivity index (χ2n) is 6.74. The van der Waals surface area contributed by atoms with Crippen molar-refractivity contribution in [3.63, 3.8) is 0 Å². The minimum atomic E-state index is -0.213. The molecule has 3 aromatic rings. The molecule has 0 aliphatic heterocycles. The number of nitrogens with zero attached hydrogens (tertiary/aromatic N) is 3. The van der Waals surface area contributed by atoms with Gasteiger partial charge in [0.25, 0.3) is 5.91 Å². The molecular formula is C23H26N4O2. The van der Waals surface area contributed by atoms with Gasteiger partial charge in [-0.05, 0) is 12.0 Å². The van der Waals surface area contributed by atoms with Gasteiger partial charge in [0.15, 0.2) is 5.82 Å². The Morgan fingerprint density at radius 3 is 2.41 bits per heavy atom. The predicted octanol–water partition coefficient (Wildman–Crippen LogP) is 3.55. The molecule has 0 aliphatic rings. The van der Waals surface area contributed by atoms with Crippen molar-refractivity contribution in [2.24, 2.45) is 0 Å². The number of nitrogens with one attached hydrogen (secondary N) is 1. The van der Waals surface area contributed by atoms with E-state index in [4.69, 9.17) is 9.72 Å². The van der Waals surface area contributed by atoms with E-state index in [2.05, 4.69) is 22.4 Å². The number of ether oxygens (including phenoxy) is 1. The Hall–Kier alpha value is -3.25. The van der Waals surface area contributed by atoms with Gasteiger partial charge in [0.2, 0.25) is 0 Å². The van der Waals surface area contributed by atoms with Crippen LogP contribution in [0.5, 0.6) is 0 Å². The maximum Gasteiger partial charge on any atom is 0.270 e. The van der Waals surface area contributed by atoms with Gasteiger partial charge in [0, 0.05) is 45.5 Å². The number of amides is 1. The lowest BCUT2D eigenvalue weighted by molar-refractivity contribution is 0.0943. The van der Waals surface area contributed by atoms with Crippen molar-refractivity contribution in [1.82, 2.24) is 15.3 Å². The highest BCUT2D eigenvalue weighted by molar-refractivity contribution is 5.93. The molecule has 0 fully saturated rings. The highest BCUT2D eigenvalue weighted by atomic mass is 16.5. The molecule has 0 aliphatic carbocycles. The van der Waals surface area contributed by atoms with Crippen LogP contribution in [0.1, 0.15) is 22.5 Å². The minimum absolute atomic E-state index is 0.213. The first-order valence-electron chi connectivity index (χ1n) is 9.64. The van der Waals surface area contributed by atoms with Crippen LogP contribution in [-0.2, 0) is 11.3 Å². The van der Waals surface area contributed by atoms with Crippen LogP contribution < -0.4 is 10.2 Å². The van der Waals surface area contributed by atoms with Crippen LogP contribution in [0.2, 0.25) is 0 Å². The zero-order valence-electron chi connectivity index (χ0n) is 16.8. The lowest BCUT2D eigenvalue weighted by atomic mass is 10.2. The Bertz CT molecular complexity index is 917. The van der Waals surface area contributed by atoms with Gasteiger partial charge in [0.1, 0.15) is 11.5 Å². The SMILES string of the molecule is COCCCNC(=O)c1cc(N(C)Cc2ccccc2)nc(-c2ccccc2)n1. The third kappa shape index (κ3) is 5.86. The van der Waals surface area contributed by atoms with Crippen LogP contribution in [0.4, 0.5) is 5.82 Å². The standard InChI is InChI=1S/C23H26N4O2/c1-27(17-18-10-5-3-6-11-18)21-16-20(23(28)24-14-9-15-29-2)25-22(26-21)19-12-7-4-8-13-19/h3-8,10-13,16H,9,14-15,17H2,1-2H3,(H,24,28). The van der Waals surface area contributed by atoms with Gasteiger partial charge < -0.3 is 15.0 Å². The number of hydrogen-bond acceptors (Lipinski definition) is 5. The van der Waals surface area contributed by atoms with Crippen LogP contribution in [-0.4, -0.2) is 43.2 Å². The molecule has 150 valence electrons. The van der Waals surface area contributed by atoms with Crippen molar-refractivity contribution in [2.45, 2.75) is 13.0 Å². The summed E-state index contributed by atoms with van der Waals surface area (Å²) in [4.78, 5) is 23.9. The number of hydrogen-bond donors (Lipinski definition) is 1. The molecule has 1 heterocycles. The lowest BCUT2D eigenvalue weighted by Crippen LogP contribution is -2.27. The average molecular weight is 390 g/mol. The molecule has 2 aromatic carbocycles. The van der Waals surface area contributed by atoms with Gasteiger partial charge in [-0.3, -0.25) is 4.79 Å². The van der Waals surface area contributed by atoms with Crippen molar-refractivity contribution < 1.29 is 9.53 Å². The molecule has 29 heavy (non-hydrogen) atoms. The second kappa shape index (κ2) is 10.3. The molecule has 1 amide bonds. The summed E-state index contributed by atoms with van der Waals surface area (Å²) < 4.78 is 5.03. The summed E-state index contributed by atoms with van der Waals surface area (Å²) in [6, 6.07) is 21.6. The van der Waals surface area contributed by atoms with Gasteiger partial charge in [-0.15, -0.1) is 0 Å². The fraction of sp³-hybridized carbons (Fsp3) is 0.261. The number of aromatic nitrogens is 2. The third-order valence-corrected chi connectivity index (χ3v) is 4.44. The number of methoxy groups -OCH3 is 1. The Morgan fingerprint density at radius 2 is 1.72 bits per heavy atom. The molecule has 0 bridgehead atoms. The number of carbonyl (C=O) groups excluding carboxylic acids is 1. The molecule has 0 saturated heterocycles. The maximum atomic E-state index is 12.7. The van der Waals surface area contributed by atoms with Crippen molar-refractivity contribution >= 4 is 11.7 Å². The summed E-state index contributed by atoms with van der Waals surface area (Å²) in [5, 5.41) is 2.90. The third-order valence-electron chi connectivity index (χ3n) is 4.44. The quantitative estimate of drug-likeness (QED) is 0.566. The lowest BCUT2D eigenvalue weighted by Gasteiger charge is -2.20. The molecule has 1 N–H and O–H groups in total. The maximum absolute atomic E-state index is 12.7. The van der Waals surface area contributed by atoms with E-state index in [1.54, 1.807) is 13.2 Å². The summed E-state index contributed by atoms with van der Waals surface area (Å²) in [5.41, 5.74) is 2.39. The molecule has 0 radical (unpaired) electrons. The fourth-order valence-electron chi connectivity index (χ4n) is 2.91.